The summed E-state index contributed by atoms with van der Waals surface area (Å²) in [5.41, 5.74) is 1.17. The number of hydrogen-bond acceptors (Lipinski definition) is 8. The zero-order valence-electron chi connectivity index (χ0n) is 20.0. The number of carbonyl (C=O) groups excluding carboxylic acids is 1. The van der Waals surface area contributed by atoms with Crippen LogP contribution in [0.4, 0.5) is 11.5 Å². The number of thioether (sulfide) groups is 1. The summed E-state index contributed by atoms with van der Waals surface area (Å²) in [6, 6.07) is 24.4. The Kier molecular flexibility index (Phi) is 7.59. The maximum Gasteiger partial charge on any atom is 0.266 e. The number of hydrogen-bond donors (Lipinski definition) is 2. The van der Waals surface area contributed by atoms with Crippen molar-refractivity contribution in [2.45, 2.75) is 10.1 Å². The lowest BCUT2D eigenvalue weighted by Gasteiger charge is -2.14. The van der Waals surface area contributed by atoms with Crippen LogP contribution in [0.25, 0.3) is 16.6 Å². The van der Waals surface area contributed by atoms with Crippen LogP contribution >= 0.6 is 23.4 Å². The quantitative estimate of drug-likeness (QED) is 0.205. The molecular formula is C26H19ClN6O4S2. The van der Waals surface area contributed by atoms with Crippen LogP contribution in [-0.4, -0.2) is 39.8 Å². The second kappa shape index (κ2) is 11.2. The van der Waals surface area contributed by atoms with Crippen molar-refractivity contribution in [3.8, 4) is 5.69 Å². The molecule has 0 saturated carbocycles. The average Bonchev–Trinajstić information content (AvgIpc) is 2.94. The van der Waals surface area contributed by atoms with E-state index in [0.717, 1.165) is 11.8 Å². The number of sulfonamides is 1. The molecule has 196 valence electrons. The van der Waals surface area contributed by atoms with Crippen molar-refractivity contribution in [3.05, 3.63) is 107 Å². The standard InChI is InChI=1S/C26H19ClN6O4S2/c27-22-14-15-23(31-30-22)32-39(36,37)19-12-10-18(11-13-19)33-25(35)20-8-4-5-9-21(20)29-26(33)38-16-24(34)28-17-6-2-1-3-7-17/h1-15H,16H2,(H,28,34)(H,31,32). The lowest BCUT2D eigenvalue weighted by Crippen LogP contribution is -2.23. The van der Waals surface area contributed by atoms with Gasteiger partial charge in [0, 0.05) is 5.69 Å². The Hall–Kier alpha value is -4.26. The fraction of sp³-hybridized carbons (Fsp3) is 0.0385. The molecule has 0 unspecified atom stereocenters. The van der Waals surface area contributed by atoms with E-state index in [1.807, 2.05) is 18.2 Å². The number of fused-ring (bicyclic) bond motifs is 1. The van der Waals surface area contributed by atoms with Gasteiger partial charge in [0.1, 0.15) is 0 Å². The number of anilines is 2. The molecule has 0 aliphatic carbocycles. The van der Waals surface area contributed by atoms with Crippen LogP contribution in [0, 0.1) is 0 Å². The Labute approximate surface area is 232 Å². The zero-order valence-corrected chi connectivity index (χ0v) is 22.4. The average molecular weight is 579 g/mol. The number of carbonyl (C=O) groups is 1. The van der Waals surface area contributed by atoms with Crippen molar-refractivity contribution in [1.82, 2.24) is 19.7 Å². The van der Waals surface area contributed by atoms with Crippen LogP contribution in [0.5, 0.6) is 0 Å². The van der Waals surface area contributed by atoms with E-state index in [-0.39, 0.29) is 38.2 Å². The Morgan fingerprint density at radius 2 is 1.62 bits per heavy atom. The molecule has 5 aromatic rings. The predicted molar refractivity (Wildman–Crippen MR) is 151 cm³/mol. The maximum atomic E-state index is 13.5. The van der Waals surface area contributed by atoms with E-state index in [1.165, 1.54) is 41.0 Å². The molecule has 0 aliphatic rings. The van der Waals surface area contributed by atoms with E-state index < -0.39 is 10.0 Å². The Bertz CT molecular complexity index is 1810. The lowest BCUT2D eigenvalue weighted by atomic mass is 10.2. The first-order valence-electron chi connectivity index (χ1n) is 11.4. The number of rotatable bonds is 8. The lowest BCUT2D eigenvalue weighted by molar-refractivity contribution is -0.113. The molecule has 0 radical (unpaired) electrons. The van der Waals surface area contributed by atoms with Gasteiger partial charge in [-0.2, -0.15) is 0 Å². The van der Waals surface area contributed by atoms with Gasteiger partial charge in [-0.15, -0.1) is 10.2 Å². The summed E-state index contributed by atoms with van der Waals surface area (Å²) in [5.74, 6) is -0.262. The first kappa shape index (κ1) is 26.4. The highest BCUT2D eigenvalue weighted by Crippen LogP contribution is 2.23. The van der Waals surface area contributed by atoms with Crippen molar-refractivity contribution in [2.24, 2.45) is 0 Å². The monoisotopic (exact) mass is 578 g/mol. The van der Waals surface area contributed by atoms with E-state index in [1.54, 1.807) is 36.4 Å². The molecule has 0 bridgehead atoms. The molecule has 39 heavy (non-hydrogen) atoms. The molecular weight excluding hydrogens is 560 g/mol. The van der Waals surface area contributed by atoms with Crippen LogP contribution in [0.3, 0.4) is 0 Å². The second-order valence-corrected chi connectivity index (χ2v) is 11.1. The smallest absolute Gasteiger partial charge is 0.266 e. The second-order valence-electron chi connectivity index (χ2n) is 8.10. The third-order valence-corrected chi connectivity index (χ3v) is 7.92. The number of benzene rings is 3. The number of para-hydroxylation sites is 2. The Morgan fingerprint density at radius 1 is 0.897 bits per heavy atom. The number of aromatic nitrogens is 4. The molecule has 2 N–H and O–H groups in total. The van der Waals surface area contributed by atoms with Gasteiger partial charge in [0.25, 0.3) is 15.6 Å². The minimum Gasteiger partial charge on any atom is -0.325 e. The van der Waals surface area contributed by atoms with Crippen molar-refractivity contribution in [1.29, 1.82) is 0 Å². The third kappa shape index (κ3) is 6.08. The van der Waals surface area contributed by atoms with Crippen LogP contribution in [0.15, 0.2) is 106 Å². The third-order valence-electron chi connectivity index (χ3n) is 5.41. The van der Waals surface area contributed by atoms with Gasteiger partial charge in [-0.3, -0.25) is 18.9 Å². The van der Waals surface area contributed by atoms with Crippen molar-refractivity contribution < 1.29 is 13.2 Å². The number of nitrogens with zero attached hydrogens (tertiary/aromatic N) is 4. The summed E-state index contributed by atoms with van der Waals surface area (Å²) >= 11 is 6.80. The SMILES string of the molecule is O=C(CSc1nc2ccccc2c(=O)n1-c1ccc(S(=O)(=O)Nc2ccc(Cl)nn2)cc1)Nc1ccccc1. The van der Waals surface area contributed by atoms with Crippen molar-refractivity contribution in [2.75, 3.05) is 15.8 Å². The molecule has 0 saturated heterocycles. The van der Waals surface area contributed by atoms with Crippen LogP contribution < -0.4 is 15.6 Å². The molecule has 1 amide bonds. The van der Waals surface area contributed by atoms with Gasteiger partial charge in [-0.1, -0.05) is 53.7 Å². The van der Waals surface area contributed by atoms with Crippen molar-refractivity contribution >= 4 is 61.7 Å². The minimum atomic E-state index is -3.99. The Balaban J connectivity index is 1.45. The summed E-state index contributed by atoms with van der Waals surface area (Å²) in [4.78, 5) is 30.6. The van der Waals surface area contributed by atoms with Crippen LogP contribution in [0.2, 0.25) is 5.15 Å². The molecule has 0 fully saturated rings. The van der Waals surface area contributed by atoms with Gasteiger partial charge in [0.05, 0.1) is 27.2 Å². The molecule has 10 nitrogen and oxygen atoms in total. The summed E-state index contributed by atoms with van der Waals surface area (Å²) in [6.07, 6.45) is 0. The normalized spacial score (nSPS) is 11.3. The number of amides is 1. The zero-order chi connectivity index (χ0) is 27.4. The highest BCUT2D eigenvalue weighted by molar-refractivity contribution is 7.99. The molecule has 0 spiro atoms. The van der Waals surface area contributed by atoms with E-state index in [4.69, 9.17) is 11.6 Å². The highest BCUT2D eigenvalue weighted by atomic mass is 35.5. The number of nitrogens with one attached hydrogen (secondary N) is 2. The maximum absolute atomic E-state index is 13.5. The fourth-order valence-electron chi connectivity index (χ4n) is 3.63. The topological polar surface area (TPSA) is 136 Å². The molecule has 3 aromatic carbocycles. The van der Waals surface area contributed by atoms with Gasteiger partial charge in [-0.25, -0.2) is 13.4 Å². The fourth-order valence-corrected chi connectivity index (χ4v) is 5.54. The van der Waals surface area contributed by atoms with Crippen LogP contribution in [-0.2, 0) is 14.8 Å². The first-order chi connectivity index (χ1) is 18.8. The summed E-state index contributed by atoms with van der Waals surface area (Å²) in [7, 11) is -3.99. The van der Waals surface area contributed by atoms with Gasteiger partial charge in [-0.05, 0) is 60.7 Å². The van der Waals surface area contributed by atoms with Gasteiger partial charge in [0.15, 0.2) is 16.1 Å². The van der Waals surface area contributed by atoms with E-state index in [9.17, 15) is 18.0 Å². The summed E-state index contributed by atoms with van der Waals surface area (Å²) in [5, 5.41) is 10.9. The molecule has 5 rings (SSSR count). The number of halogens is 1. The summed E-state index contributed by atoms with van der Waals surface area (Å²) in [6.45, 7) is 0. The predicted octanol–water partition coefficient (Wildman–Crippen LogP) is 4.36. The highest BCUT2D eigenvalue weighted by Gasteiger charge is 2.18. The van der Waals surface area contributed by atoms with E-state index in [0.29, 0.717) is 22.3 Å². The molecule has 2 aromatic heterocycles. The molecule has 0 aliphatic heterocycles. The van der Waals surface area contributed by atoms with E-state index in [2.05, 4.69) is 25.2 Å². The van der Waals surface area contributed by atoms with Gasteiger partial charge >= 0.3 is 0 Å². The molecule has 0 atom stereocenters. The molecule has 2 heterocycles. The van der Waals surface area contributed by atoms with Gasteiger partial charge < -0.3 is 5.32 Å². The van der Waals surface area contributed by atoms with E-state index >= 15 is 0 Å². The van der Waals surface area contributed by atoms with Crippen molar-refractivity contribution in [3.63, 3.8) is 0 Å². The van der Waals surface area contributed by atoms with Gasteiger partial charge in [0.2, 0.25) is 5.91 Å². The first-order valence-corrected chi connectivity index (χ1v) is 14.3. The Morgan fingerprint density at radius 3 is 2.33 bits per heavy atom. The largest absolute Gasteiger partial charge is 0.325 e. The summed E-state index contributed by atoms with van der Waals surface area (Å²) < 4.78 is 29.3. The molecule has 13 heteroatoms. The van der Waals surface area contributed by atoms with Crippen LogP contribution in [0.1, 0.15) is 0 Å². The minimum absolute atomic E-state index is 0.00180.